The Morgan fingerprint density at radius 2 is 1.91 bits per heavy atom. The Morgan fingerprint density at radius 3 is 2.57 bits per heavy atom. The minimum absolute atomic E-state index is 0.201. The number of hydrogen-bond donors (Lipinski definition) is 0. The molecule has 4 rings (SSSR count). The maximum Gasteiger partial charge on any atom is 0.338 e. The van der Waals surface area contributed by atoms with Gasteiger partial charge in [0.05, 0.1) is 36.1 Å². The quantitative estimate of drug-likeness (QED) is 0.411. The van der Waals surface area contributed by atoms with Crippen LogP contribution in [-0.2, 0) is 9.53 Å². The Bertz CT molecular complexity index is 1470. The number of allylic oxidation sites excluding steroid dienone is 1. The molecule has 0 aliphatic carbocycles. The number of nitrogens with zero attached hydrogens (tertiary/aromatic N) is 2. The molecule has 0 radical (unpaired) electrons. The minimum Gasteiger partial charge on any atom is -0.493 e. The number of esters is 1. The third-order valence-corrected chi connectivity index (χ3v) is 7.01. The average molecular weight is 557 g/mol. The van der Waals surface area contributed by atoms with E-state index in [1.807, 2.05) is 49.4 Å². The first-order valence-electron chi connectivity index (χ1n) is 11.1. The van der Waals surface area contributed by atoms with E-state index in [4.69, 9.17) is 14.2 Å². The van der Waals surface area contributed by atoms with E-state index >= 15 is 0 Å². The number of para-hydroxylation sites is 1. The fourth-order valence-electron chi connectivity index (χ4n) is 4.00. The van der Waals surface area contributed by atoms with E-state index < -0.39 is 12.0 Å². The molecule has 0 amide bonds. The van der Waals surface area contributed by atoms with Crippen molar-refractivity contribution in [3.8, 4) is 11.5 Å². The molecule has 0 fully saturated rings. The first-order valence-corrected chi connectivity index (χ1v) is 12.7. The molecule has 9 heteroatoms. The van der Waals surface area contributed by atoms with Gasteiger partial charge >= 0.3 is 5.97 Å². The molecular formula is C26H25BrN2O5S. The van der Waals surface area contributed by atoms with Gasteiger partial charge in [-0.15, -0.1) is 0 Å². The number of carbonyl (C=O) groups excluding carboxylic acids is 1. The lowest BCUT2D eigenvalue weighted by Crippen LogP contribution is -2.40. The Balaban J connectivity index is 2.01. The van der Waals surface area contributed by atoms with E-state index in [0.717, 1.165) is 10.0 Å². The number of benzene rings is 2. The fraction of sp³-hybridized carbons (Fsp3) is 0.269. The highest BCUT2D eigenvalue weighted by atomic mass is 79.9. The molecule has 2 aromatic carbocycles. The van der Waals surface area contributed by atoms with E-state index in [1.165, 1.54) is 11.3 Å². The van der Waals surface area contributed by atoms with Gasteiger partial charge < -0.3 is 14.2 Å². The van der Waals surface area contributed by atoms with Crippen molar-refractivity contribution in [2.75, 3.05) is 20.3 Å². The molecule has 0 saturated heterocycles. The number of fused-ring (bicyclic) bond motifs is 1. The Labute approximate surface area is 215 Å². The number of hydrogen-bond acceptors (Lipinski definition) is 7. The van der Waals surface area contributed by atoms with Crippen LogP contribution in [-0.4, -0.2) is 30.9 Å². The molecule has 1 aliphatic rings. The molecule has 35 heavy (non-hydrogen) atoms. The molecule has 0 unspecified atom stereocenters. The lowest BCUT2D eigenvalue weighted by Gasteiger charge is -2.26. The summed E-state index contributed by atoms with van der Waals surface area (Å²) in [4.78, 5) is 32.0. The average Bonchev–Trinajstić information content (AvgIpc) is 3.14. The lowest BCUT2D eigenvalue weighted by molar-refractivity contribution is -0.139. The monoisotopic (exact) mass is 556 g/mol. The van der Waals surface area contributed by atoms with Crippen LogP contribution in [0.25, 0.3) is 6.08 Å². The third-order valence-electron chi connectivity index (χ3n) is 5.50. The van der Waals surface area contributed by atoms with Crippen LogP contribution >= 0.6 is 27.3 Å². The summed E-state index contributed by atoms with van der Waals surface area (Å²) >= 11 is 4.71. The summed E-state index contributed by atoms with van der Waals surface area (Å²) in [7, 11) is 1.55. The largest absolute Gasteiger partial charge is 0.493 e. The summed E-state index contributed by atoms with van der Waals surface area (Å²) < 4.78 is 19.9. The molecule has 1 atom stereocenters. The van der Waals surface area contributed by atoms with Gasteiger partial charge in [0.15, 0.2) is 16.3 Å². The van der Waals surface area contributed by atoms with Gasteiger partial charge in [-0.2, -0.15) is 0 Å². The number of aromatic nitrogens is 1. The molecule has 0 N–H and O–H groups in total. The van der Waals surface area contributed by atoms with Gasteiger partial charge in [0.1, 0.15) is 6.04 Å². The van der Waals surface area contributed by atoms with Crippen LogP contribution in [0.15, 0.2) is 68.0 Å². The van der Waals surface area contributed by atoms with Crippen molar-refractivity contribution in [2.45, 2.75) is 26.8 Å². The topological polar surface area (TPSA) is 79.1 Å². The Kier molecular flexibility index (Phi) is 7.57. The van der Waals surface area contributed by atoms with Gasteiger partial charge in [0.25, 0.3) is 5.56 Å². The zero-order chi connectivity index (χ0) is 25.1. The minimum atomic E-state index is -0.783. The molecular weight excluding hydrogens is 532 g/mol. The summed E-state index contributed by atoms with van der Waals surface area (Å²) in [5, 5.41) is 0. The summed E-state index contributed by atoms with van der Waals surface area (Å²) in [5.74, 6) is 0.465. The van der Waals surface area contributed by atoms with Gasteiger partial charge in [-0.1, -0.05) is 51.5 Å². The summed E-state index contributed by atoms with van der Waals surface area (Å²) in [6, 6.07) is 12.3. The van der Waals surface area contributed by atoms with E-state index in [2.05, 4.69) is 20.9 Å². The maximum absolute atomic E-state index is 13.8. The van der Waals surface area contributed by atoms with Crippen molar-refractivity contribution in [2.24, 2.45) is 4.99 Å². The normalized spacial score (nSPS) is 15.5. The van der Waals surface area contributed by atoms with Crippen molar-refractivity contribution in [1.82, 2.24) is 4.57 Å². The van der Waals surface area contributed by atoms with E-state index in [-0.39, 0.29) is 12.2 Å². The second kappa shape index (κ2) is 10.6. The molecule has 2 heterocycles. The predicted molar refractivity (Wildman–Crippen MR) is 139 cm³/mol. The van der Waals surface area contributed by atoms with E-state index in [1.54, 1.807) is 31.6 Å². The SMILES string of the molecule is CCOC(=O)C1=C(C)N=c2s/c(=C/c3ccc(Br)cc3)c(=O)n2[C@@H]1c1cccc(OC)c1OCC. The molecule has 0 spiro atoms. The molecule has 1 aliphatic heterocycles. The summed E-state index contributed by atoms with van der Waals surface area (Å²) in [5.41, 5.74) is 2.05. The van der Waals surface area contributed by atoms with Crippen LogP contribution in [0.3, 0.4) is 0 Å². The van der Waals surface area contributed by atoms with Crippen LogP contribution in [0.4, 0.5) is 0 Å². The maximum atomic E-state index is 13.8. The number of rotatable bonds is 7. The number of thiazole rings is 1. The predicted octanol–water partition coefficient (Wildman–Crippen LogP) is 3.97. The lowest BCUT2D eigenvalue weighted by atomic mass is 9.94. The molecule has 182 valence electrons. The van der Waals surface area contributed by atoms with Gasteiger partial charge in [-0.3, -0.25) is 9.36 Å². The van der Waals surface area contributed by atoms with Crippen molar-refractivity contribution in [3.05, 3.63) is 89.0 Å². The second-order valence-corrected chi connectivity index (χ2v) is 9.59. The highest BCUT2D eigenvalue weighted by molar-refractivity contribution is 9.10. The molecule has 0 saturated carbocycles. The first kappa shape index (κ1) is 24.9. The van der Waals surface area contributed by atoms with Crippen LogP contribution in [0.2, 0.25) is 0 Å². The van der Waals surface area contributed by atoms with Gasteiger partial charge in [-0.25, -0.2) is 9.79 Å². The Hall–Kier alpha value is -3.17. The van der Waals surface area contributed by atoms with Crippen molar-refractivity contribution >= 4 is 39.3 Å². The second-order valence-electron chi connectivity index (χ2n) is 7.67. The number of halogens is 1. The molecule has 0 bridgehead atoms. The molecule has 1 aromatic heterocycles. The highest BCUT2D eigenvalue weighted by Crippen LogP contribution is 2.40. The molecule has 3 aromatic rings. The standard InChI is InChI=1S/C26H25BrN2O5S/c1-5-33-23-18(8-7-9-19(23)32-4)22-21(25(31)34-6-2)15(3)28-26-29(22)24(30)20(35-26)14-16-10-12-17(27)13-11-16/h7-14,22H,5-6H2,1-4H3/b20-14+/t22-/m1/s1. The van der Waals surface area contributed by atoms with E-state index in [0.29, 0.717) is 44.3 Å². The fourth-order valence-corrected chi connectivity index (χ4v) is 5.31. The number of ether oxygens (including phenoxy) is 3. The smallest absolute Gasteiger partial charge is 0.338 e. The van der Waals surface area contributed by atoms with Crippen molar-refractivity contribution < 1.29 is 19.0 Å². The van der Waals surface area contributed by atoms with Crippen LogP contribution < -0.4 is 24.4 Å². The molecule has 7 nitrogen and oxygen atoms in total. The van der Waals surface area contributed by atoms with Crippen LogP contribution in [0, 0.1) is 0 Å². The van der Waals surface area contributed by atoms with Gasteiger partial charge in [0, 0.05) is 10.0 Å². The number of carbonyl (C=O) groups is 1. The van der Waals surface area contributed by atoms with Gasteiger partial charge in [0.2, 0.25) is 0 Å². The summed E-state index contributed by atoms with van der Waals surface area (Å²) in [6.07, 6.45) is 1.83. The van der Waals surface area contributed by atoms with Gasteiger partial charge in [-0.05, 0) is 50.6 Å². The van der Waals surface area contributed by atoms with Crippen molar-refractivity contribution in [1.29, 1.82) is 0 Å². The van der Waals surface area contributed by atoms with Crippen molar-refractivity contribution in [3.63, 3.8) is 0 Å². The third kappa shape index (κ3) is 4.83. The van der Waals surface area contributed by atoms with E-state index in [9.17, 15) is 9.59 Å². The first-order chi connectivity index (χ1) is 16.9. The van der Waals surface area contributed by atoms with Crippen LogP contribution in [0.5, 0.6) is 11.5 Å². The highest BCUT2D eigenvalue weighted by Gasteiger charge is 2.35. The zero-order valence-electron chi connectivity index (χ0n) is 19.8. The van der Waals surface area contributed by atoms with Crippen LogP contribution in [0.1, 0.15) is 37.9 Å². The number of methoxy groups -OCH3 is 1. The Morgan fingerprint density at radius 1 is 1.17 bits per heavy atom. The summed E-state index contributed by atoms with van der Waals surface area (Å²) in [6.45, 7) is 5.95. The zero-order valence-corrected chi connectivity index (χ0v) is 22.2.